The summed E-state index contributed by atoms with van der Waals surface area (Å²) in [7, 11) is 0. The van der Waals surface area contributed by atoms with Crippen LogP contribution in [-0.2, 0) is 12.8 Å². The van der Waals surface area contributed by atoms with Gasteiger partial charge in [0.25, 0.3) is 5.91 Å². The molecule has 0 saturated carbocycles. The second-order valence-electron chi connectivity index (χ2n) is 5.59. The number of hydrogen-bond donors (Lipinski definition) is 0. The summed E-state index contributed by atoms with van der Waals surface area (Å²) in [6.45, 7) is 0.805. The summed E-state index contributed by atoms with van der Waals surface area (Å²) < 4.78 is 0.942. The molecule has 106 valence electrons. The topological polar surface area (TPSA) is 20.3 Å². The summed E-state index contributed by atoms with van der Waals surface area (Å²) in [5.74, 6) is 0.144. The van der Waals surface area contributed by atoms with Crippen LogP contribution in [-0.4, -0.2) is 17.4 Å². The molecule has 0 N–H and O–H groups in total. The lowest BCUT2D eigenvalue weighted by Crippen LogP contribution is -2.44. The first-order valence-corrected chi connectivity index (χ1v) is 8.47. The third kappa shape index (κ3) is 2.09. The molecule has 2 nitrogen and oxygen atoms in total. The van der Waals surface area contributed by atoms with E-state index < -0.39 is 0 Å². The van der Waals surface area contributed by atoms with Gasteiger partial charge in [-0.1, -0.05) is 35.9 Å². The number of rotatable bonds is 0. The average Bonchev–Trinajstić information content (AvgIpc) is 2.49. The van der Waals surface area contributed by atoms with E-state index >= 15 is 0 Å². The summed E-state index contributed by atoms with van der Waals surface area (Å²) in [4.78, 5) is 14.8. The lowest BCUT2D eigenvalue weighted by Gasteiger charge is -2.41. The number of nitrogens with zero attached hydrogens (tertiary/aromatic N) is 1. The smallest absolute Gasteiger partial charge is 0.254 e. The van der Waals surface area contributed by atoms with Gasteiger partial charge in [0.2, 0.25) is 0 Å². The summed E-state index contributed by atoms with van der Waals surface area (Å²) in [6.07, 6.45) is 1.80. The van der Waals surface area contributed by atoms with Crippen LogP contribution >= 0.6 is 34.2 Å². The van der Waals surface area contributed by atoms with E-state index in [0.29, 0.717) is 0 Å². The molecule has 0 saturated heterocycles. The second-order valence-corrected chi connectivity index (χ2v) is 7.16. The van der Waals surface area contributed by atoms with E-state index in [4.69, 9.17) is 11.6 Å². The van der Waals surface area contributed by atoms with E-state index in [9.17, 15) is 4.79 Å². The van der Waals surface area contributed by atoms with Crippen LogP contribution in [0.15, 0.2) is 36.4 Å². The Balaban J connectivity index is 1.85. The van der Waals surface area contributed by atoms with Gasteiger partial charge in [-0.05, 0) is 64.3 Å². The Kier molecular flexibility index (Phi) is 3.23. The van der Waals surface area contributed by atoms with Crippen molar-refractivity contribution in [1.82, 2.24) is 4.90 Å². The van der Waals surface area contributed by atoms with Gasteiger partial charge < -0.3 is 4.90 Å². The van der Waals surface area contributed by atoms with Gasteiger partial charge in [0.1, 0.15) is 0 Å². The molecule has 0 spiro atoms. The van der Waals surface area contributed by atoms with Crippen molar-refractivity contribution in [3.63, 3.8) is 0 Å². The van der Waals surface area contributed by atoms with Gasteiger partial charge in [0.15, 0.2) is 0 Å². The van der Waals surface area contributed by atoms with E-state index in [1.165, 1.54) is 11.1 Å². The van der Waals surface area contributed by atoms with Crippen LogP contribution in [0, 0.1) is 3.57 Å². The van der Waals surface area contributed by atoms with Crippen LogP contribution in [0.2, 0.25) is 5.02 Å². The number of amides is 1. The molecule has 1 amide bonds. The Hall–Kier alpha value is -1.07. The third-order valence-electron chi connectivity index (χ3n) is 4.46. The minimum atomic E-state index is 0.144. The van der Waals surface area contributed by atoms with Crippen molar-refractivity contribution in [3.05, 3.63) is 67.2 Å². The maximum atomic E-state index is 12.8. The SMILES string of the molecule is O=C1c2cc(I)c(Cl)cc2C[C@H]2c3ccccc3CCN12. The van der Waals surface area contributed by atoms with E-state index in [0.717, 1.165) is 39.1 Å². The van der Waals surface area contributed by atoms with E-state index in [-0.39, 0.29) is 11.9 Å². The van der Waals surface area contributed by atoms with E-state index in [1.54, 1.807) is 0 Å². The van der Waals surface area contributed by atoms with Crippen LogP contribution in [0.3, 0.4) is 0 Å². The first-order valence-electron chi connectivity index (χ1n) is 7.02. The molecule has 0 radical (unpaired) electrons. The molecule has 0 aliphatic carbocycles. The molecular formula is C17H13ClINO. The molecule has 0 bridgehead atoms. The average molecular weight is 410 g/mol. The minimum absolute atomic E-state index is 0.144. The zero-order valence-corrected chi connectivity index (χ0v) is 14.2. The summed E-state index contributed by atoms with van der Waals surface area (Å²) in [6, 6.07) is 12.5. The molecule has 0 aromatic heterocycles. The second kappa shape index (κ2) is 4.99. The van der Waals surface area contributed by atoms with Crippen molar-refractivity contribution in [2.24, 2.45) is 0 Å². The molecule has 21 heavy (non-hydrogen) atoms. The highest BCUT2D eigenvalue weighted by atomic mass is 127. The summed E-state index contributed by atoms with van der Waals surface area (Å²) in [5.41, 5.74) is 4.55. The molecule has 2 aromatic carbocycles. The highest BCUT2D eigenvalue weighted by Gasteiger charge is 2.36. The Morgan fingerprint density at radius 2 is 2.00 bits per heavy atom. The molecule has 2 heterocycles. The van der Waals surface area contributed by atoms with Crippen molar-refractivity contribution in [1.29, 1.82) is 0 Å². The van der Waals surface area contributed by atoms with Crippen molar-refractivity contribution >= 4 is 40.1 Å². The highest BCUT2D eigenvalue weighted by Crippen LogP contribution is 2.39. The van der Waals surface area contributed by atoms with Gasteiger partial charge in [0, 0.05) is 15.7 Å². The van der Waals surface area contributed by atoms with Crippen LogP contribution in [0.1, 0.15) is 33.1 Å². The Morgan fingerprint density at radius 3 is 2.86 bits per heavy atom. The van der Waals surface area contributed by atoms with Gasteiger partial charge >= 0.3 is 0 Å². The number of halogens is 2. The largest absolute Gasteiger partial charge is 0.331 e. The predicted octanol–water partition coefficient (Wildman–Crippen LogP) is 4.24. The molecule has 1 atom stereocenters. The van der Waals surface area contributed by atoms with Crippen molar-refractivity contribution in [3.8, 4) is 0 Å². The summed E-state index contributed by atoms with van der Waals surface area (Å²) in [5, 5.41) is 0.736. The Morgan fingerprint density at radius 1 is 1.19 bits per heavy atom. The molecule has 0 unspecified atom stereocenters. The normalized spacial score (nSPS) is 19.8. The molecular weight excluding hydrogens is 397 g/mol. The standard InChI is InChI=1S/C17H13ClINO/c18-14-7-11-8-16-12-4-2-1-3-10(12)5-6-20(16)17(21)13(11)9-15(14)19/h1-4,7,9,16H,5-6,8H2/t16-/m0/s1. The molecule has 4 rings (SSSR count). The first-order chi connectivity index (χ1) is 10.1. The van der Waals surface area contributed by atoms with Crippen LogP contribution in [0.25, 0.3) is 0 Å². The quantitative estimate of drug-likeness (QED) is 0.596. The maximum absolute atomic E-state index is 12.8. The number of fused-ring (bicyclic) bond motifs is 4. The van der Waals surface area contributed by atoms with E-state index in [1.807, 2.05) is 17.0 Å². The van der Waals surface area contributed by atoms with Gasteiger partial charge in [-0.15, -0.1) is 0 Å². The monoisotopic (exact) mass is 409 g/mol. The number of hydrogen-bond acceptors (Lipinski definition) is 1. The van der Waals surface area contributed by atoms with Crippen molar-refractivity contribution < 1.29 is 4.79 Å². The number of benzene rings is 2. The lowest BCUT2D eigenvalue weighted by molar-refractivity contribution is 0.0632. The predicted molar refractivity (Wildman–Crippen MR) is 91.8 cm³/mol. The van der Waals surface area contributed by atoms with Crippen molar-refractivity contribution in [2.45, 2.75) is 18.9 Å². The van der Waals surface area contributed by atoms with Gasteiger partial charge in [-0.25, -0.2) is 0 Å². The van der Waals surface area contributed by atoms with Crippen LogP contribution in [0.4, 0.5) is 0 Å². The van der Waals surface area contributed by atoms with Gasteiger partial charge in [-0.2, -0.15) is 0 Å². The minimum Gasteiger partial charge on any atom is -0.331 e. The van der Waals surface area contributed by atoms with Gasteiger partial charge in [0.05, 0.1) is 11.1 Å². The zero-order chi connectivity index (χ0) is 14.6. The molecule has 2 aliphatic rings. The lowest BCUT2D eigenvalue weighted by atomic mass is 9.84. The fraction of sp³-hybridized carbons (Fsp3) is 0.235. The third-order valence-corrected chi connectivity index (χ3v) is 5.99. The number of carbonyl (C=O) groups excluding carboxylic acids is 1. The fourth-order valence-electron chi connectivity index (χ4n) is 3.43. The van der Waals surface area contributed by atoms with Crippen LogP contribution in [0.5, 0.6) is 0 Å². The Bertz CT molecular complexity index is 758. The fourth-order valence-corrected chi connectivity index (χ4v) is 4.09. The zero-order valence-electron chi connectivity index (χ0n) is 11.3. The van der Waals surface area contributed by atoms with Gasteiger partial charge in [-0.3, -0.25) is 4.79 Å². The van der Waals surface area contributed by atoms with E-state index in [2.05, 4.69) is 46.9 Å². The molecule has 0 fully saturated rings. The maximum Gasteiger partial charge on any atom is 0.254 e. The molecule has 2 aliphatic heterocycles. The van der Waals surface area contributed by atoms with Crippen LogP contribution < -0.4 is 0 Å². The summed E-state index contributed by atoms with van der Waals surface area (Å²) >= 11 is 8.42. The molecule has 4 heteroatoms. The number of carbonyl (C=O) groups is 1. The first kappa shape index (κ1) is 13.6. The van der Waals surface area contributed by atoms with Crippen molar-refractivity contribution in [2.75, 3.05) is 6.54 Å². The Labute approximate surface area is 142 Å². The molecule has 2 aromatic rings. The highest BCUT2D eigenvalue weighted by molar-refractivity contribution is 14.1.